The van der Waals surface area contributed by atoms with Gasteiger partial charge in [0.25, 0.3) is 0 Å². The van der Waals surface area contributed by atoms with Crippen LogP contribution >= 0.6 is 11.8 Å². The van der Waals surface area contributed by atoms with E-state index in [1.807, 2.05) is 42.1 Å². The molecule has 2 rings (SSSR count). The summed E-state index contributed by atoms with van der Waals surface area (Å²) in [5.74, 6) is 2.15. The Balaban J connectivity index is 1.91. The zero-order valence-corrected chi connectivity index (χ0v) is 10.6. The smallest absolute Gasteiger partial charge is 0.241 e. The minimum atomic E-state index is -0.553. The normalized spacial score (nSPS) is 21.8. The Morgan fingerprint density at radius 3 is 2.82 bits per heavy atom. The fraction of sp³-hybridized carbons (Fsp3) is 0.462. The molecule has 0 bridgehead atoms. The minimum absolute atomic E-state index is 0.0660. The van der Waals surface area contributed by atoms with Crippen LogP contribution in [-0.4, -0.2) is 23.5 Å². The fourth-order valence-corrected chi connectivity index (χ4v) is 3.03. The maximum absolute atomic E-state index is 12.0. The molecule has 0 aromatic heterocycles. The molecule has 3 N–H and O–H groups in total. The van der Waals surface area contributed by atoms with Gasteiger partial charge in [0.05, 0.1) is 0 Å². The maximum Gasteiger partial charge on any atom is 0.241 e. The molecule has 1 heterocycles. The first-order valence-corrected chi connectivity index (χ1v) is 7.11. The van der Waals surface area contributed by atoms with Crippen molar-refractivity contribution in [1.82, 2.24) is 5.32 Å². The molecule has 3 nitrogen and oxygen atoms in total. The van der Waals surface area contributed by atoms with E-state index in [0.29, 0.717) is 0 Å². The maximum atomic E-state index is 12.0. The van der Waals surface area contributed by atoms with Gasteiger partial charge in [0.2, 0.25) is 5.91 Å². The molecule has 1 aromatic carbocycles. The highest BCUT2D eigenvalue weighted by Gasteiger charge is 2.20. The van der Waals surface area contributed by atoms with Gasteiger partial charge in [-0.2, -0.15) is 11.8 Å². The van der Waals surface area contributed by atoms with E-state index < -0.39 is 6.04 Å². The Morgan fingerprint density at radius 2 is 2.18 bits per heavy atom. The number of rotatable bonds is 3. The van der Waals surface area contributed by atoms with Gasteiger partial charge in [0, 0.05) is 11.8 Å². The number of benzene rings is 1. The Morgan fingerprint density at radius 1 is 1.41 bits per heavy atom. The van der Waals surface area contributed by atoms with Gasteiger partial charge in [0.1, 0.15) is 6.04 Å². The minimum Gasteiger partial charge on any atom is -0.351 e. The molecule has 2 atom stereocenters. The number of carbonyl (C=O) groups excluding carboxylic acids is 1. The monoisotopic (exact) mass is 250 g/mol. The van der Waals surface area contributed by atoms with Gasteiger partial charge < -0.3 is 11.1 Å². The number of hydrogen-bond donors (Lipinski definition) is 2. The molecule has 1 aliphatic rings. The zero-order valence-electron chi connectivity index (χ0n) is 9.76. The Labute approximate surface area is 106 Å². The Kier molecular flexibility index (Phi) is 4.45. The molecule has 4 heteroatoms. The van der Waals surface area contributed by atoms with E-state index >= 15 is 0 Å². The molecule has 1 aliphatic heterocycles. The fourth-order valence-electron chi connectivity index (χ4n) is 1.96. The van der Waals surface area contributed by atoms with Crippen molar-refractivity contribution in [1.29, 1.82) is 0 Å². The SMILES string of the molecule is N[C@H](C(=O)NC1CCCSC1)c1ccccc1. The van der Waals surface area contributed by atoms with E-state index in [1.165, 1.54) is 12.2 Å². The molecule has 17 heavy (non-hydrogen) atoms. The van der Waals surface area contributed by atoms with Crippen molar-refractivity contribution >= 4 is 17.7 Å². The van der Waals surface area contributed by atoms with Crippen LogP contribution < -0.4 is 11.1 Å². The molecule has 0 radical (unpaired) electrons. The van der Waals surface area contributed by atoms with Crippen LogP contribution in [0.5, 0.6) is 0 Å². The average Bonchev–Trinajstić information content (AvgIpc) is 2.40. The first kappa shape index (κ1) is 12.5. The number of nitrogens with one attached hydrogen (secondary N) is 1. The topological polar surface area (TPSA) is 55.1 Å². The second-order valence-corrected chi connectivity index (χ2v) is 5.46. The molecular weight excluding hydrogens is 232 g/mol. The van der Waals surface area contributed by atoms with Gasteiger partial charge in [-0.25, -0.2) is 0 Å². The molecule has 1 unspecified atom stereocenters. The number of carbonyl (C=O) groups is 1. The molecule has 1 fully saturated rings. The molecule has 1 saturated heterocycles. The zero-order chi connectivity index (χ0) is 12.1. The summed E-state index contributed by atoms with van der Waals surface area (Å²) in [6.07, 6.45) is 2.25. The predicted octanol–water partition coefficient (Wildman–Crippen LogP) is 1.70. The van der Waals surface area contributed by atoms with Crippen LogP contribution in [0.15, 0.2) is 30.3 Å². The van der Waals surface area contributed by atoms with Crippen molar-refractivity contribution in [2.45, 2.75) is 24.9 Å². The quantitative estimate of drug-likeness (QED) is 0.858. The van der Waals surface area contributed by atoms with Crippen molar-refractivity contribution in [2.75, 3.05) is 11.5 Å². The van der Waals surface area contributed by atoms with E-state index in [2.05, 4.69) is 5.32 Å². The predicted molar refractivity (Wildman–Crippen MR) is 71.9 cm³/mol. The summed E-state index contributed by atoms with van der Waals surface area (Å²) in [5, 5.41) is 3.03. The van der Waals surface area contributed by atoms with Gasteiger partial charge in [-0.1, -0.05) is 30.3 Å². The van der Waals surface area contributed by atoms with Crippen LogP contribution in [0.4, 0.5) is 0 Å². The lowest BCUT2D eigenvalue weighted by atomic mass is 10.1. The summed E-state index contributed by atoms with van der Waals surface area (Å²) in [4.78, 5) is 12.0. The number of amides is 1. The van der Waals surface area contributed by atoms with E-state index in [-0.39, 0.29) is 11.9 Å². The van der Waals surface area contributed by atoms with Gasteiger partial charge in [0.15, 0.2) is 0 Å². The largest absolute Gasteiger partial charge is 0.351 e. The van der Waals surface area contributed by atoms with Gasteiger partial charge in [-0.3, -0.25) is 4.79 Å². The number of thioether (sulfide) groups is 1. The number of nitrogens with two attached hydrogens (primary N) is 1. The second kappa shape index (κ2) is 6.07. The van der Waals surface area contributed by atoms with Crippen LogP contribution in [0.2, 0.25) is 0 Å². The van der Waals surface area contributed by atoms with Gasteiger partial charge >= 0.3 is 0 Å². The molecule has 0 spiro atoms. The van der Waals surface area contributed by atoms with Crippen LogP contribution in [-0.2, 0) is 4.79 Å². The summed E-state index contributed by atoms with van der Waals surface area (Å²) in [6, 6.07) is 9.24. The summed E-state index contributed by atoms with van der Waals surface area (Å²) < 4.78 is 0. The number of hydrogen-bond acceptors (Lipinski definition) is 3. The standard InChI is InChI=1S/C13H18N2OS/c14-12(10-5-2-1-3-6-10)13(16)15-11-7-4-8-17-9-11/h1-3,5-6,11-12H,4,7-9,14H2,(H,15,16)/t11?,12-/m0/s1. The lowest BCUT2D eigenvalue weighted by Crippen LogP contribution is -2.43. The third kappa shape index (κ3) is 3.48. The van der Waals surface area contributed by atoms with Crippen molar-refractivity contribution in [3.8, 4) is 0 Å². The van der Waals surface area contributed by atoms with E-state index in [0.717, 1.165) is 17.7 Å². The molecule has 0 aliphatic carbocycles. The second-order valence-electron chi connectivity index (χ2n) is 4.31. The average molecular weight is 250 g/mol. The summed E-state index contributed by atoms with van der Waals surface area (Å²) in [6.45, 7) is 0. The molecule has 1 amide bonds. The first-order valence-electron chi connectivity index (χ1n) is 5.96. The van der Waals surface area contributed by atoms with Crippen molar-refractivity contribution in [3.63, 3.8) is 0 Å². The third-order valence-corrected chi connectivity index (χ3v) is 4.16. The molecule has 0 saturated carbocycles. The van der Waals surface area contributed by atoms with E-state index in [4.69, 9.17) is 5.73 Å². The summed E-state index contributed by atoms with van der Waals surface area (Å²) in [7, 11) is 0. The van der Waals surface area contributed by atoms with E-state index in [9.17, 15) is 4.79 Å². The highest BCUT2D eigenvalue weighted by Crippen LogP contribution is 2.18. The van der Waals surface area contributed by atoms with Crippen molar-refractivity contribution in [3.05, 3.63) is 35.9 Å². The Hall–Kier alpha value is -1.00. The Bertz CT molecular complexity index is 363. The summed E-state index contributed by atoms with van der Waals surface area (Å²) >= 11 is 1.90. The molecule has 1 aromatic rings. The van der Waals surface area contributed by atoms with E-state index in [1.54, 1.807) is 0 Å². The highest BCUT2D eigenvalue weighted by atomic mass is 32.2. The van der Waals surface area contributed by atoms with Crippen LogP contribution in [0.25, 0.3) is 0 Å². The molecule has 92 valence electrons. The van der Waals surface area contributed by atoms with Crippen molar-refractivity contribution in [2.24, 2.45) is 5.73 Å². The van der Waals surface area contributed by atoms with Crippen LogP contribution in [0.3, 0.4) is 0 Å². The lowest BCUT2D eigenvalue weighted by molar-refractivity contribution is -0.123. The van der Waals surface area contributed by atoms with Gasteiger partial charge in [-0.15, -0.1) is 0 Å². The van der Waals surface area contributed by atoms with Gasteiger partial charge in [-0.05, 0) is 24.2 Å². The third-order valence-electron chi connectivity index (χ3n) is 2.95. The lowest BCUT2D eigenvalue weighted by Gasteiger charge is -2.24. The molecular formula is C13H18N2OS. The van der Waals surface area contributed by atoms with Crippen LogP contribution in [0, 0.1) is 0 Å². The first-order chi connectivity index (χ1) is 8.27. The summed E-state index contributed by atoms with van der Waals surface area (Å²) in [5.41, 5.74) is 6.81. The highest BCUT2D eigenvalue weighted by molar-refractivity contribution is 7.99. The van der Waals surface area contributed by atoms with Crippen LogP contribution in [0.1, 0.15) is 24.4 Å². The van der Waals surface area contributed by atoms with Crippen molar-refractivity contribution < 1.29 is 4.79 Å².